The summed E-state index contributed by atoms with van der Waals surface area (Å²) in [6.45, 7) is 0.0361. The maximum atomic E-state index is 9.08. The first kappa shape index (κ1) is 10.1. The van der Waals surface area contributed by atoms with Gasteiger partial charge in [0.1, 0.15) is 0 Å². The molecule has 0 aliphatic heterocycles. The predicted molar refractivity (Wildman–Crippen MR) is 58.5 cm³/mol. The molecule has 0 aliphatic rings. The molecule has 0 radical (unpaired) electrons. The van der Waals surface area contributed by atoms with Gasteiger partial charge in [0.15, 0.2) is 0 Å². The Bertz CT molecular complexity index is 384. The Kier molecular flexibility index (Phi) is 3.21. The van der Waals surface area contributed by atoms with Crippen molar-refractivity contribution in [2.45, 2.75) is 13.2 Å². The average molecular weight is 273 g/mol. The van der Waals surface area contributed by atoms with Gasteiger partial charge in [-0.3, -0.25) is 0 Å². The van der Waals surface area contributed by atoms with Gasteiger partial charge in [0.05, 0.1) is 0 Å². The number of hydrogen-bond acceptors (Lipinski definition) is 3. The van der Waals surface area contributed by atoms with Gasteiger partial charge in [-0.1, -0.05) is 0 Å². The number of aliphatic hydroxyl groups excluding tert-OH is 2. The third kappa shape index (κ3) is 1.85. The van der Waals surface area contributed by atoms with E-state index in [1.54, 1.807) is 11.3 Å². The molecule has 4 heteroatoms. The molecule has 2 heterocycles. The molecule has 2 aromatic rings. The Hall–Kier alpha value is -0.381. The van der Waals surface area contributed by atoms with Gasteiger partial charge in [-0.2, -0.15) is 0 Å². The van der Waals surface area contributed by atoms with Crippen LogP contribution in [0.25, 0.3) is 9.31 Å². The molecule has 0 aromatic carbocycles. The summed E-state index contributed by atoms with van der Waals surface area (Å²) in [6.07, 6.45) is 0. The van der Waals surface area contributed by atoms with Gasteiger partial charge in [-0.15, -0.1) is 0 Å². The fourth-order valence-electron chi connectivity index (χ4n) is 1.27. The predicted octanol–water partition coefficient (Wildman–Crippen LogP) is 1.46. The second-order valence-corrected chi connectivity index (χ2v) is 5.98. The Balaban J connectivity index is 2.41. The summed E-state index contributed by atoms with van der Waals surface area (Å²) in [4.78, 5) is 4.23. The van der Waals surface area contributed by atoms with Crippen LogP contribution in [0.1, 0.15) is 10.4 Å². The summed E-state index contributed by atoms with van der Waals surface area (Å²) in [5, 5.41) is 18.1. The Labute approximate surface area is 92.2 Å². The van der Waals surface area contributed by atoms with Gasteiger partial charge < -0.3 is 0 Å². The minimum absolute atomic E-state index is 0.0140. The molecule has 74 valence electrons. The fourth-order valence-corrected chi connectivity index (χ4v) is 4.08. The third-order valence-corrected chi connectivity index (χ3v) is 5.36. The molecule has 0 unspecified atom stereocenters. The van der Waals surface area contributed by atoms with Gasteiger partial charge in [-0.25, -0.2) is 0 Å². The Morgan fingerprint density at radius 3 is 2.64 bits per heavy atom. The van der Waals surface area contributed by atoms with E-state index in [0.29, 0.717) is 14.5 Å². The first-order valence-corrected chi connectivity index (χ1v) is 6.88. The van der Waals surface area contributed by atoms with Crippen molar-refractivity contribution in [2.24, 2.45) is 0 Å². The summed E-state index contributed by atoms with van der Waals surface area (Å²) in [5.74, 6) is 0. The van der Waals surface area contributed by atoms with Crippen molar-refractivity contribution in [3.05, 3.63) is 33.6 Å². The zero-order valence-corrected chi connectivity index (χ0v) is 9.96. The molecule has 0 spiro atoms. The zero-order chi connectivity index (χ0) is 9.97. The molecule has 0 saturated heterocycles. The van der Waals surface area contributed by atoms with E-state index in [1.807, 2.05) is 6.07 Å². The van der Waals surface area contributed by atoms with Crippen molar-refractivity contribution >= 4 is 25.8 Å². The van der Waals surface area contributed by atoms with Crippen LogP contribution < -0.4 is 0 Å². The van der Waals surface area contributed by atoms with Crippen molar-refractivity contribution in [3.8, 4) is 9.31 Å². The van der Waals surface area contributed by atoms with E-state index in [9.17, 15) is 0 Å². The number of thiophene rings is 1. The minimum atomic E-state index is 0.0140. The van der Waals surface area contributed by atoms with E-state index in [4.69, 9.17) is 10.2 Å². The molecule has 0 bridgehead atoms. The van der Waals surface area contributed by atoms with Crippen molar-refractivity contribution in [2.75, 3.05) is 0 Å². The molecule has 2 N–H and O–H groups in total. The van der Waals surface area contributed by atoms with Crippen LogP contribution in [0, 0.1) is 0 Å². The standard InChI is InChI=1S/C10H10O2SSe/c11-5-7-4-8(13-9(7)6-12)10-2-1-3-14-10/h1-4,11-12H,5-6H2. The van der Waals surface area contributed by atoms with E-state index in [1.165, 1.54) is 9.31 Å². The van der Waals surface area contributed by atoms with E-state index < -0.39 is 0 Å². The van der Waals surface area contributed by atoms with Crippen LogP contribution in [0.4, 0.5) is 0 Å². The van der Waals surface area contributed by atoms with E-state index in [2.05, 4.69) is 17.1 Å². The average Bonchev–Trinajstić information content (AvgIpc) is 2.85. The van der Waals surface area contributed by atoms with Crippen LogP contribution in [0.2, 0.25) is 0 Å². The number of hydrogen-bond donors (Lipinski definition) is 2. The third-order valence-electron chi connectivity index (χ3n) is 1.97. The molecule has 0 amide bonds. The van der Waals surface area contributed by atoms with Crippen LogP contribution in [0.5, 0.6) is 0 Å². The second kappa shape index (κ2) is 4.43. The SMILES string of the molecule is OCc1cc(-c2ccc[se]2)sc1CO. The van der Waals surface area contributed by atoms with E-state index in [-0.39, 0.29) is 13.2 Å². The van der Waals surface area contributed by atoms with Crippen molar-refractivity contribution in [1.82, 2.24) is 0 Å². The van der Waals surface area contributed by atoms with E-state index >= 15 is 0 Å². The molecule has 0 saturated carbocycles. The molecule has 0 atom stereocenters. The Morgan fingerprint density at radius 2 is 2.14 bits per heavy atom. The van der Waals surface area contributed by atoms with Crippen LogP contribution in [-0.4, -0.2) is 24.7 Å². The van der Waals surface area contributed by atoms with Crippen LogP contribution in [0.3, 0.4) is 0 Å². The fraction of sp³-hybridized carbons (Fsp3) is 0.200. The van der Waals surface area contributed by atoms with E-state index in [0.717, 1.165) is 10.4 Å². The molecule has 2 aromatic heterocycles. The summed E-state index contributed by atoms with van der Waals surface area (Å²) in [5.41, 5.74) is 0.858. The van der Waals surface area contributed by atoms with Gasteiger partial charge in [0, 0.05) is 0 Å². The quantitative estimate of drug-likeness (QED) is 0.831. The zero-order valence-electron chi connectivity index (χ0n) is 7.43. The topological polar surface area (TPSA) is 40.5 Å². The normalized spacial score (nSPS) is 10.7. The van der Waals surface area contributed by atoms with Gasteiger partial charge in [0.2, 0.25) is 0 Å². The number of aliphatic hydroxyl groups is 2. The van der Waals surface area contributed by atoms with Crippen LogP contribution in [-0.2, 0) is 13.2 Å². The van der Waals surface area contributed by atoms with Crippen molar-refractivity contribution in [1.29, 1.82) is 0 Å². The summed E-state index contributed by atoms with van der Waals surface area (Å²) in [6, 6.07) is 6.15. The first-order valence-electron chi connectivity index (χ1n) is 4.22. The summed E-state index contributed by atoms with van der Waals surface area (Å²) < 4.78 is 1.33. The summed E-state index contributed by atoms with van der Waals surface area (Å²) in [7, 11) is 0. The molecule has 2 nitrogen and oxygen atoms in total. The molecule has 0 fully saturated rings. The molecule has 0 aliphatic carbocycles. The second-order valence-electron chi connectivity index (χ2n) is 2.85. The molecular weight excluding hydrogens is 263 g/mol. The summed E-state index contributed by atoms with van der Waals surface area (Å²) >= 11 is 2.00. The van der Waals surface area contributed by atoms with Gasteiger partial charge >= 0.3 is 92.2 Å². The maximum absolute atomic E-state index is 9.08. The van der Waals surface area contributed by atoms with Crippen LogP contribution in [0.15, 0.2) is 23.1 Å². The Morgan fingerprint density at radius 1 is 1.29 bits per heavy atom. The molecule has 14 heavy (non-hydrogen) atoms. The van der Waals surface area contributed by atoms with Gasteiger partial charge in [0.25, 0.3) is 0 Å². The first-order chi connectivity index (χ1) is 6.85. The molecule has 2 rings (SSSR count). The van der Waals surface area contributed by atoms with Gasteiger partial charge in [-0.05, 0) is 0 Å². The van der Waals surface area contributed by atoms with Crippen molar-refractivity contribution in [3.63, 3.8) is 0 Å². The van der Waals surface area contributed by atoms with Crippen LogP contribution >= 0.6 is 11.3 Å². The number of rotatable bonds is 3. The monoisotopic (exact) mass is 274 g/mol. The molecular formula is C10H10O2SSe. The van der Waals surface area contributed by atoms with Crippen molar-refractivity contribution < 1.29 is 10.2 Å².